The second-order valence-electron chi connectivity index (χ2n) is 5.49. The maximum absolute atomic E-state index is 6.30. The quantitative estimate of drug-likeness (QED) is 0.801. The van der Waals surface area contributed by atoms with Crippen molar-refractivity contribution in [3.8, 4) is 0 Å². The molecule has 1 heterocycles. The van der Waals surface area contributed by atoms with Gasteiger partial charge in [0.2, 0.25) is 0 Å². The third-order valence-corrected chi connectivity index (χ3v) is 4.85. The SMILES string of the molecule is CNC(CCC1CCCCO1)Cc1ccc(Br)cc1Cl. The van der Waals surface area contributed by atoms with Crippen LogP contribution >= 0.6 is 27.5 Å². The molecule has 0 saturated carbocycles. The van der Waals surface area contributed by atoms with E-state index in [0.29, 0.717) is 12.1 Å². The number of benzene rings is 1. The molecule has 0 bridgehead atoms. The van der Waals surface area contributed by atoms with Crippen LogP contribution in [0.3, 0.4) is 0 Å². The van der Waals surface area contributed by atoms with Gasteiger partial charge in [-0.25, -0.2) is 0 Å². The summed E-state index contributed by atoms with van der Waals surface area (Å²) in [7, 11) is 2.03. The van der Waals surface area contributed by atoms with Crippen LogP contribution in [-0.4, -0.2) is 25.8 Å². The van der Waals surface area contributed by atoms with E-state index in [1.807, 2.05) is 13.1 Å². The fourth-order valence-electron chi connectivity index (χ4n) is 2.72. The van der Waals surface area contributed by atoms with Crippen LogP contribution in [0, 0.1) is 0 Å². The van der Waals surface area contributed by atoms with Gasteiger partial charge in [-0.2, -0.15) is 0 Å². The second-order valence-corrected chi connectivity index (χ2v) is 6.81. The summed E-state index contributed by atoms with van der Waals surface area (Å²) in [4.78, 5) is 0. The van der Waals surface area contributed by atoms with Crippen LogP contribution in [0.5, 0.6) is 0 Å². The van der Waals surface area contributed by atoms with E-state index in [9.17, 15) is 0 Å². The van der Waals surface area contributed by atoms with Crippen LogP contribution in [-0.2, 0) is 11.2 Å². The second kappa shape index (κ2) is 8.38. The van der Waals surface area contributed by atoms with Crippen molar-refractivity contribution >= 4 is 27.5 Å². The van der Waals surface area contributed by atoms with Gasteiger partial charge >= 0.3 is 0 Å². The van der Waals surface area contributed by atoms with Gasteiger partial charge in [-0.15, -0.1) is 0 Å². The van der Waals surface area contributed by atoms with E-state index in [1.165, 1.54) is 24.8 Å². The Bertz CT molecular complexity index is 421. The summed E-state index contributed by atoms with van der Waals surface area (Å²) in [6.07, 6.45) is 7.45. The van der Waals surface area contributed by atoms with Gasteiger partial charge in [0, 0.05) is 22.1 Å². The monoisotopic (exact) mass is 359 g/mol. The topological polar surface area (TPSA) is 21.3 Å². The van der Waals surface area contributed by atoms with Crippen molar-refractivity contribution < 1.29 is 4.74 Å². The summed E-state index contributed by atoms with van der Waals surface area (Å²) in [5.74, 6) is 0. The minimum atomic E-state index is 0.458. The minimum Gasteiger partial charge on any atom is -0.378 e. The van der Waals surface area contributed by atoms with Gasteiger partial charge < -0.3 is 10.1 Å². The molecule has 0 aromatic heterocycles. The number of hydrogen-bond donors (Lipinski definition) is 1. The van der Waals surface area contributed by atoms with Gasteiger partial charge in [0.05, 0.1) is 6.10 Å². The molecule has 1 aromatic rings. The summed E-state index contributed by atoms with van der Waals surface area (Å²) in [5.41, 5.74) is 1.21. The molecule has 0 radical (unpaired) electrons. The zero-order valence-corrected chi connectivity index (χ0v) is 14.3. The number of rotatable bonds is 6. The standard InChI is InChI=1S/C16H23BrClNO/c1-19-14(7-8-15-4-2-3-9-20-15)10-12-5-6-13(17)11-16(12)18/h5-6,11,14-15,19H,2-4,7-10H2,1H3. The Morgan fingerprint density at radius 1 is 1.45 bits per heavy atom. The lowest BCUT2D eigenvalue weighted by Gasteiger charge is -2.25. The van der Waals surface area contributed by atoms with Crippen molar-refractivity contribution in [3.05, 3.63) is 33.3 Å². The van der Waals surface area contributed by atoms with Crippen LogP contribution in [0.1, 0.15) is 37.7 Å². The van der Waals surface area contributed by atoms with Crippen molar-refractivity contribution in [2.24, 2.45) is 0 Å². The zero-order valence-electron chi connectivity index (χ0n) is 12.0. The lowest BCUT2D eigenvalue weighted by Crippen LogP contribution is -2.30. The largest absolute Gasteiger partial charge is 0.378 e. The lowest BCUT2D eigenvalue weighted by atomic mass is 9.97. The Balaban J connectivity index is 1.84. The van der Waals surface area contributed by atoms with Crippen molar-refractivity contribution in [2.75, 3.05) is 13.7 Å². The van der Waals surface area contributed by atoms with Crippen LogP contribution in [0.4, 0.5) is 0 Å². The lowest BCUT2D eigenvalue weighted by molar-refractivity contribution is 0.00870. The molecule has 1 aliphatic heterocycles. The van der Waals surface area contributed by atoms with E-state index in [4.69, 9.17) is 16.3 Å². The van der Waals surface area contributed by atoms with Gasteiger partial charge in [-0.3, -0.25) is 0 Å². The van der Waals surface area contributed by atoms with Crippen molar-refractivity contribution in [1.82, 2.24) is 5.32 Å². The zero-order chi connectivity index (χ0) is 14.4. The fourth-order valence-corrected chi connectivity index (χ4v) is 3.47. The molecule has 1 N–H and O–H groups in total. The van der Waals surface area contributed by atoms with Gasteiger partial charge in [0.1, 0.15) is 0 Å². The number of ether oxygens (including phenoxy) is 1. The molecule has 1 saturated heterocycles. The highest BCUT2D eigenvalue weighted by atomic mass is 79.9. The molecule has 0 spiro atoms. The van der Waals surface area contributed by atoms with Crippen LogP contribution in [0.2, 0.25) is 5.02 Å². The van der Waals surface area contributed by atoms with E-state index in [0.717, 1.165) is 35.4 Å². The first kappa shape index (κ1) is 16.3. The molecule has 2 nitrogen and oxygen atoms in total. The first-order chi connectivity index (χ1) is 9.69. The number of nitrogens with one attached hydrogen (secondary N) is 1. The van der Waals surface area contributed by atoms with Crippen LogP contribution in [0.15, 0.2) is 22.7 Å². The van der Waals surface area contributed by atoms with E-state index < -0.39 is 0 Å². The van der Waals surface area contributed by atoms with E-state index >= 15 is 0 Å². The highest BCUT2D eigenvalue weighted by Crippen LogP contribution is 2.24. The number of halogens is 2. The van der Waals surface area contributed by atoms with Crippen molar-refractivity contribution in [3.63, 3.8) is 0 Å². The smallest absolute Gasteiger partial charge is 0.0575 e. The molecular weight excluding hydrogens is 338 g/mol. The molecule has 2 unspecified atom stereocenters. The third kappa shape index (κ3) is 5.03. The first-order valence-corrected chi connectivity index (χ1v) is 8.59. The Morgan fingerprint density at radius 3 is 2.95 bits per heavy atom. The third-order valence-electron chi connectivity index (χ3n) is 4.00. The molecule has 0 aliphatic carbocycles. The summed E-state index contributed by atoms with van der Waals surface area (Å²) < 4.78 is 6.83. The molecule has 1 aromatic carbocycles. The maximum Gasteiger partial charge on any atom is 0.0575 e. The molecule has 112 valence electrons. The van der Waals surface area contributed by atoms with Gasteiger partial charge in [0.15, 0.2) is 0 Å². The number of hydrogen-bond acceptors (Lipinski definition) is 2. The van der Waals surface area contributed by atoms with Crippen LogP contribution in [0.25, 0.3) is 0 Å². The summed E-state index contributed by atoms with van der Waals surface area (Å²) >= 11 is 9.74. The van der Waals surface area contributed by atoms with E-state index in [1.54, 1.807) is 0 Å². The molecular formula is C16H23BrClNO. The van der Waals surface area contributed by atoms with Gasteiger partial charge in [-0.05, 0) is 63.3 Å². The molecule has 20 heavy (non-hydrogen) atoms. The fraction of sp³-hybridized carbons (Fsp3) is 0.625. The van der Waals surface area contributed by atoms with E-state index in [-0.39, 0.29) is 0 Å². The highest BCUT2D eigenvalue weighted by molar-refractivity contribution is 9.10. The Kier molecular flexibility index (Phi) is 6.82. The van der Waals surface area contributed by atoms with E-state index in [2.05, 4.69) is 33.4 Å². The minimum absolute atomic E-state index is 0.458. The molecule has 0 amide bonds. The molecule has 1 fully saturated rings. The Hall–Kier alpha value is -0.0900. The van der Waals surface area contributed by atoms with Gasteiger partial charge in [0.25, 0.3) is 0 Å². The Morgan fingerprint density at radius 2 is 2.30 bits per heavy atom. The maximum atomic E-state index is 6.30. The first-order valence-electron chi connectivity index (χ1n) is 7.42. The molecule has 2 atom stereocenters. The summed E-state index contributed by atoms with van der Waals surface area (Å²) in [5, 5.41) is 4.25. The molecule has 1 aliphatic rings. The Labute approximate surface area is 135 Å². The predicted octanol–water partition coefficient (Wildman–Crippen LogP) is 4.58. The normalized spacial score (nSPS) is 20.9. The number of likely N-dealkylation sites (N-methyl/N-ethyl adjacent to an activating group) is 1. The van der Waals surface area contributed by atoms with Gasteiger partial charge in [-0.1, -0.05) is 33.6 Å². The predicted molar refractivity (Wildman–Crippen MR) is 88.5 cm³/mol. The summed E-state index contributed by atoms with van der Waals surface area (Å²) in [6.45, 7) is 0.938. The highest BCUT2D eigenvalue weighted by Gasteiger charge is 2.17. The molecule has 4 heteroatoms. The summed E-state index contributed by atoms with van der Waals surface area (Å²) in [6, 6.07) is 6.58. The average molecular weight is 361 g/mol. The van der Waals surface area contributed by atoms with Crippen molar-refractivity contribution in [2.45, 2.75) is 50.7 Å². The van der Waals surface area contributed by atoms with Crippen molar-refractivity contribution in [1.29, 1.82) is 0 Å². The average Bonchev–Trinajstić information content (AvgIpc) is 2.46. The molecule has 2 rings (SSSR count). The van der Waals surface area contributed by atoms with Crippen LogP contribution < -0.4 is 5.32 Å².